The summed E-state index contributed by atoms with van der Waals surface area (Å²) < 4.78 is 5.19. The molecule has 0 saturated carbocycles. The maximum atomic E-state index is 5.19. The van der Waals surface area contributed by atoms with E-state index >= 15 is 0 Å². The summed E-state index contributed by atoms with van der Waals surface area (Å²) in [5, 5.41) is 0. The number of hydrogen-bond donors (Lipinski definition) is 0. The fourth-order valence-electron chi connectivity index (χ4n) is 2.53. The lowest BCUT2D eigenvalue weighted by Crippen LogP contribution is -1.89. The average molecular weight is 301 g/mol. The van der Waals surface area contributed by atoms with Crippen molar-refractivity contribution in [1.82, 2.24) is 4.98 Å². The summed E-state index contributed by atoms with van der Waals surface area (Å²) in [6, 6.07) is 20.4. The molecule has 2 heteroatoms. The zero-order chi connectivity index (χ0) is 16.1. The van der Waals surface area contributed by atoms with Gasteiger partial charge in [-0.2, -0.15) is 0 Å². The monoisotopic (exact) mass is 301 g/mol. The van der Waals surface area contributed by atoms with Crippen LogP contribution in [0.5, 0.6) is 5.75 Å². The highest BCUT2D eigenvalue weighted by molar-refractivity contribution is 5.80. The van der Waals surface area contributed by atoms with Crippen molar-refractivity contribution in [1.29, 1.82) is 0 Å². The SMILES string of the molecule is COc1ccc(/C=C/c2ccccc2-c2ncccc2C)cc1. The Balaban J connectivity index is 1.94. The second-order valence-corrected chi connectivity index (χ2v) is 5.36. The van der Waals surface area contributed by atoms with Crippen LogP contribution < -0.4 is 4.74 Å². The minimum atomic E-state index is 0.867. The normalized spacial score (nSPS) is 10.9. The van der Waals surface area contributed by atoms with E-state index in [9.17, 15) is 0 Å². The van der Waals surface area contributed by atoms with Crippen LogP contribution >= 0.6 is 0 Å². The van der Waals surface area contributed by atoms with Crippen molar-refractivity contribution in [3.8, 4) is 17.0 Å². The second kappa shape index (κ2) is 6.93. The van der Waals surface area contributed by atoms with Gasteiger partial charge in [-0.1, -0.05) is 54.6 Å². The van der Waals surface area contributed by atoms with Crippen molar-refractivity contribution in [3.63, 3.8) is 0 Å². The fraction of sp³-hybridized carbons (Fsp3) is 0.0952. The molecule has 1 heterocycles. The van der Waals surface area contributed by atoms with Crippen molar-refractivity contribution >= 4 is 12.2 Å². The van der Waals surface area contributed by atoms with Crippen LogP contribution in [-0.2, 0) is 0 Å². The topological polar surface area (TPSA) is 22.1 Å². The summed E-state index contributed by atoms with van der Waals surface area (Å²) in [4.78, 5) is 4.54. The standard InChI is InChI=1S/C21H19NO/c1-16-6-5-15-22-21(16)20-8-4-3-7-18(20)12-9-17-10-13-19(23-2)14-11-17/h3-15H,1-2H3/b12-9+. The van der Waals surface area contributed by atoms with Crippen LogP contribution in [0.15, 0.2) is 66.9 Å². The number of pyridine rings is 1. The van der Waals surface area contributed by atoms with Crippen molar-refractivity contribution < 1.29 is 4.74 Å². The van der Waals surface area contributed by atoms with Crippen LogP contribution in [0.3, 0.4) is 0 Å². The van der Waals surface area contributed by atoms with Gasteiger partial charge in [-0.3, -0.25) is 4.98 Å². The number of ether oxygens (including phenoxy) is 1. The molecule has 0 aliphatic heterocycles. The number of nitrogens with zero attached hydrogens (tertiary/aromatic N) is 1. The third-order valence-corrected chi connectivity index (χ3v) is 3.80. The van der Waals surface area contributed by atoms with E-state index in [1.807, 2.05) is 42.6 Å². The van der Waals surface area contributed by atoms with E-state index in [4.69, 9.17) is 4.74 Å². The Bertz CT molecular complexity index is 819. The maximum Gasteiger partial charge on any atom is 0.118 e. The number of rotatable bonds is 4. The quantitative estimate of drug-likeness (QED) is 0.615. The third kappa shape index (κ3) is 3.49. The predicted molar refractivity (Wildman–Crippen MR) is 96.3 cm³/mol. The molecule has 0 aliphatic rings. The molecule has 23 heavy (non-hydrogen) atoms. The fourth-order valence-corrected chi connectivity index (χ4v) is 2.53. The Labute approximate surface area is 137 Å². The number of hydrogen-bond acceptors (Lipinski definition) is 2. The molecular formula is C21H19NO. The predicted octanol–water partition coefficient (Wildman–Crippen LogP) is 5.24. The number of aromatic nitrogens is 1. The smallest absolute Gasteiger partial charge is 0.118 e. The van der Waals surface area contributed by atoms with E-state index in [1.165, 1.54) is 5.56 Å². The molecule has 0 atom stereocenters. The molecule has 0 spiro atoms. The summed E-state index contributed by atoms with van der Waals surface area (Å²) in [6.07, 6.45) is 6.08. The van der Waals surface area contributed by atoms with Crippen LogP contribution in [0.2, 0.25) is 0 Å². The zero-order valence-corrected chi connectivity index (χ0v) is 13.4. The van der Waals surface area contributed by atoms with E-state index in [0.717, 1.165) is 28.1 Å². The summed E-state index contributed by atoms with van der Waals surface area (Å²) in [5.74, 6) is 0.867. The van der Waals surface area contributed by atoms with E-state index < -0.39 is 0 Å². The van der Waals surface area contributed by atoms with Gasteiger partial charge < -0.3 is 4.74 Å². The van der Waals surface area contributed by atoms with Gasteiger partial charge in [-0.05, 0) is 41.8 Å². The molecule has 2 aromatic carbocycles. The summed E-state index contributed by atoms with van der Waals surface area (Å²) in [7, 11) is 1.68. The maximum absolute atomic E-state index is 5.19. The lowest BCUT2D eigenvalue weighted by molar-refractivity contribution is 0.415. The molecule has 3 aromatic rings. The first-order chi connectivity index (χ1) is 11.3. The number of benzene rings is 2. The van der Waals surface area contributed by atoms with Gasteiger partial charge >= 0.3 is 0 Å². The molecular weight excluding hydrogens is 282 g/mol. The number of aryl methyl sites for hydroxylation is 1. The van der Waals surface area contributed by atoms with E-state index in [2.05, 4.69) is 48.3 Å². The minimum absolute atomic E-state index is 0.867. The highest BCUT2D eigenvalue weighted by atomic mass is 16.5. The van der Waals surface area contributed by atoms with Gasteiger partial charge in [0.15, 0.2) is 0 Å². The third-order valence-electron chi connectivity index (χ3n) is 3.80. The van der Waals surface area contributed by atoms with Gasteiger partial charge in [0.2, 0.25) is 0 Å². The van der Waals surface area contributed by atoms with E-state index in [1.54, 1.807) is 7.11 Å². The Kier molecular flexibility index (Phi) is 4.53. The average Bonchev–Trinajstić information content (AvgIpc) is 2.61. The molecule has 0 N–H and O–H groups in total. The molecule has 2 nitrogen and oxygen atoms in total. The van der Waals surface area contributed by atoms with Crippen molar-refractivity contribution in [2.24, 2.45) is 0 Å². The first kappa shape index (κ1) is 15.0. The second-order valence-electron chi connectivity index (χ2n) is 5.36. The van der Waals surface area contributed by atoms with Crippen LogP contribution in [0.1, 0.15) is 16.7 Å². The van der Waals surface area contributed by atoms with E-state index in [0.29, 0.717) is 0 Å². The molecule has 0 unspecified atom stereocenters. The minimum Gasteiger partial charge on any atom is -0.497 e. The van der Waals surface area contributed by atoms with Gasteiger partial charge in [-0.25, -0.2) is 0 Å². The largest absolute Gasteiger partial charge is 0.497 e. The number of methoxy groups -OCH3 is 1. The van der Waals surface area contributed by atoms with Gasteiger partial charge in [0.05, 0.1) is 12.8 Å². The molecule has 0 aliphatic carbocycles. The highest BCUT2D eigenvalue weighted by Gasteiger charge is 2.06. The van der Waals surface area contributed by atoms with Crippen LogP contribution in [-0.4, -0.2) is 12.1 Å². The lowest BCUT2D eigenvalue weighted by atomic mass is 10.00. The Morgan fingerprint density at radius 3 is 2.39 bits per heavy atom. The Morgan fingerprint density at radius 1 is 0.870 bits per heavy atom. The van der Waals surface area contributed by atoms with Gasteiger partial charge in [0, 0.05) is 11.8 Å². The van der Waals surface area contributed by atoms with Crippen LogP contribution in [0.4, 0.5) is 0 Å². The van der Waals surface area contributed by atoms with Crippen molar-refractivity contribution in [3.05, 3.63) is 83.6 Å². The molecule has 114 valence electrons. The molecule has 0 amide bonds. The molecule has 3 rings (SSSR count). The molecule has 0 bridgehead atoms. The van der Waals surface area contributed by atoms with Gasteiger partial charge in [0.25, 0.3) is 0 Å². The van der Waals surface area contributed by atoms with Crippen molar-refractivity contribution in [2.45, 2.75) is 6.92 Å². The molecule has 0 saturated heterocycles. The summed E-state index contributed by atoms with van der Waals surface area (Å²) >= 11 is 0. The first-order valence-electron chi connectivity index (χ1n) is 7.61. The first-order valence-corrected chi connectivity index (χ1v) is 7.61. The molecule has 0 fully saturated rings. The summed E-state index contributed by atoms with van der Waals surface area (Å²) in [5.41, 5.74) is 5.65. The lowest BCUT2D eigenvalue weighted by Gasteiger charge is -2.08. The Morgan fingerprint density at radius 2 is 1.65 bits per heavy atom. The van der Waals surface area contributed by atoms with Gasteiger partial charge in [0.1, 0.15) is 5.75 Å². The molecule has 1 aromatic heterocycles. The Hall–Kier alpha value is -2.87. The molecule has 0 radical (unpaired) electrons. The summed E-state index contributed by atoms with van der Waals surface area (Å²) in [6.45, 7) is 2.09. The van der Waals surface area contributed by atoms with E-state index in [-0.39, 0.29) is 0 Å². The zero-order valence-electron chi connectivity index (χ0n) is 13.4. The van der Waals surface area contributed by atoms with Gasteiger partial charge in [-0.15, -0.1) is 0 Å². The van der Waals surface area contributed by atoms with Crippen molar-refractivity contribution in [2.75, 3.05) is 7.11 Å². The van der Waals surface area contributed by atoms with Crippen LogP contribution in [0, 0.1) is 6.92 Å². The highest BCUT2D eigenvalue weighted by Crippen LogP contribution is 2.26. The van der Waals surface area contributed by atoms with Crippen LogP contribution in [0.25, 0.3) is 23.4 Å².